The average molecular weight is 400 g/mol. The molecule has 1 aromatic carbocycles. The number of hydrogen-bond donors (Lipinski definition) is 1. The normalized spacial score (nSPS) is 16.5. The highest BCUT2D eigenvalue weighted by Crippen LogP contribution is 2.29. The minimum atomic E-state index is -0.992. The number of carbonyl (C=O) groups excluding carboxylic acids is 2. The van der Waals surface area contributed by atoms with Crippen LogP contribution in [0.3, 0.4) is 0 Å². The smallest absolute Gasteiger partial charge is 0.331 e. The maximum absolute atomic E-state index is 12.4. The lowest BCUT2D eigenvalue weighted by molar-refractivity contribution is -0.150. The van der Waals surface area contributed by atoms with Crippen LogP contribution in [0.15, 0.2) is 24.3 Å². The molecule has 0 radical (unpaired) electrons. The van der Waals surface area contributed by atoms with Gasteiger partial charge in [-0.05, 0) is 50.5 Å². The number of rotatable bonds is 8. The fourth-order valence-corrected chi connectivity index (χ4v) is 3.25. The highest BCUT2D eigenvalue weighted by atomic mass is 16.5. The van der Waals surface area contributed by atoms with Gasteiger partial charge in [-0.15, -0.1) is 0 Å². The molecule has 156 valence electrons. The van der Waals surface area contributed by atoms with Crippen molar-refractivity contribution >= 4 is 18.0 Å². The molecule has 0 aliphatic heterocycles. The number of methoxy groups -OCH3 is 1. The molecule has 7 nitrogen and oxygen atoms in total. The van der Waals surface area contributed by atoms with E-state index in [4.69, 9.17) is 14.2 Å². The predicted molar refractivity (Wildman–Crippen MR) is 108 cm³/mol. The van der Waals surface area contributed by atoms with Gasteiger partial charge in [0, 0.05) is 6.08 Å². The monoisotopic (exact) mass is 400 g/mol. The molecule has 2 rings (SSSR count). The van der Waals surface area contributed by atoms with E-state index in [1.165, 1.54) is 13.0 Å². The van der Waals surface area contributed by atoms with E-state index in [1.807, 2.05) is 6.92 Å². The van der Waals surface area contributed by atoms with Gasteiger partial charge in [0.2, 0.25) is 0 Å². The van der Waals surface area contributed by atoms with Crippen LogP contribution in [0.2, 0.25) is 0 Å². The maximum Gasteiger partial charge on any atom is 0.331 e. The van der Waals surface area contributed by atoms with Gasteiger partial charge in [0.1, 0.15) is 5.54 Å². The molecule has 0 saturated heterocycles. The number of amides is 1. The van der Waals surface area contributed by atoms with Gasteiger partial charge in [-0.1, -0.05) is 25.3 Å². The minimum absolute atomic E-state index is 0.460. The molecule has 0 bridgehead atoms. The van der Waals surface area contributed by atoms with Crippen LogP contribution in [-0.2, 0) is 14.3 Å². The zero-order valence-corrected chi connectivity index (χ0v) is 17.2. The Morgan fingerprint density at radius 1 is 1.28 bits per heavy atom. The van der Waals surface area contributed by atoms with Gasteiger partial charge in [-0.2, -0.15) is 5.26 Å². The summed E-state index contributed by atoms with van der Waals surface area (Å²) in [5.41, 5.74) is -0.130. The van der Waals surface area contributed by atoms with Crippen LogP contribution in [0.5, 0.6) is 11.5 Å². The second-order valence-electron chi connectivity index (χ2n) is 7.00. The van der Waals surface area contributed by atoms with Gasteiger partial charge in [0.05, 0.1) is 19.8 Å². The number of nitriles is 1. The number of hydrogen-bond acceptors (Lipinski definition) is 6. The van der Waals surface area contributed by atoms with Crippen LogP contribution in [0, 0.1) is 11.3 Å². The maximum atomic E-state index is 12.4. The Kier molecular flexibility index (Phi) is 8.08. The standard InChI is InChI=1S/C22H28N2O5/c1-4-28-18-10-8-17(14-19(18)27-3)9-11-20(25)29-16(2)21(26)24-22(15-23)12-6-5-7-13-22/h8-11,14,16H,4-7,12-13H2,1-3H3,(H,24,26)/b11-9+/t16-/m0/s1. The highest BCUT2D eigenvalue weighted by Gasteiger charge is 2.35. The van der Waals surface area contributed by atoms with Crippen LogP contribution in [0.4, 0.5) is 0 Å². The SMILES string of the molecule is CCOc1ccc(/C=C/C(=O)O[C@@H](C)C(=O)NC2(C#N)CCCCC2)cc1OC. The van der Waals surface area contributed by atoms with Gasteiger partial charge in [0.25, 0.3) is 5.91 Å². The van der Waals surface area contributed by atoms with E-state index in [0.717, 1.165) is 24.8 Å². The molecule has 1 saturated carbocycles. The summed E-state index contributed by atoms with van der Waals surface area (Å²) < 4.78 is 15.9. The molecule has 0 heterocycles. The predicted octanol–water partition coefficient (Wildman–Crippen LogP) is 3.38. The van der Waals surface area contributed by atoms with E-state index in [-0.39, 0.29) is 0 Å². The van der Waals surface area contributed by atoms with Crippen molar-refractivity contribution in [1.29, 1.82) is 5.26 Å². The van der Waals surface area contributed by atoms with Crippen molar-refractivity contribution in [2.24, 2.45) is 0 Å². The van der Waals surface area contributed by atoms with Crippen molar-refractivity contribution in [2.45, 2.75) is 57.6 Å². The Labute approximate surface area is 171 Å². The number of esters is 1. The summed E-state index contributed by atoms with van der Waals surface area (Å²) in [5.74, 6) is 0.0756. The Bertz CT molecular complexity index is 791. The molecule has 1 atom stereocenters. The van der Waals surface area contributed by atoms with E-state index in [1.54, 1.807) is 31.4 Å². The molecule has 29 heavy (non-hydrogen) atoms. The molecular formula is C22H28N2O5. The van der Waals surface area contributed by atoms with Crippen LogP contribution in [-0.4, -0.2) is 37.2 Å². The summed E-state index contributed by atoms with van der Waals surface area (Å²) in [6.45, 7) is 3.90. The van der Waals surface area contributed by atoms with E-state index >= 15 is 0 Å². The Morgan fingerprint density at radius 3 is 2.62 bits per heavy atom. The number of ether oxygens (including phenoxy) is 3. The van der Waals surface area contributed by atoms with E-state index < -0.39 is 23.5 Å². The third-order valence-electron chi connectivity index (χ3n) is 4.85. The van der Waals surface area contributed by atoms with Gasteiger partial charge in [-0.25, -0.2) is 4.79 Å². The first kappa shape index (κ1) is 22.3. The topological polar surface area (TPSA) is 97.6 Å². The largest absolute Gasteiger partial charge is 0.493 e. The Morgan fingerprint density at radius 2 is 2.00 bits per heavy atom. The van der Waals surface area contributed by atoms with Crippen molar-refractivity contribution in [2.75, 3.05) is 13.7 Å². The summed E-state index contributed by atoms with van der Waals surface area (Å²) in [7, 11) is 1.54. The van der Waals surface area contributed by atoms with E-state index in [0.29, 0.717) is 30.9 Å². The molecule has 1 fully saturated rings. The number of benzene rings is 1. The van der Waals surface area contributed by atoms with Gasteiger partial charge in [0.15, 0.2) is 17.6 Å². The van der Waals surface area contributed by atoms with Gasteiger partial charge < -0.3 is 19.5 Å². The Balaban J connectivity index is 1.94. The molecule has 1 N–H and O–H groups in total. The van der Waals surface area contributed by atoms with E-state index in [2.05, 4.69) is 11.4 Å². The quantitative estimate of drug-likeness (QED) is 0.531. The zero-order chi connectivity index (χ0) is 21.3. The molecule has 1 aromatic rings. The van der Waals surface area contributed by atoms with Crippen LogP contribution >= 0.6 is 0 Å². The number of nitrogens with one attached hydrogen (secondary N) is 1. The lowest BCUT2D eigenvalue weighted by Gasteiger charge is -2.32. The summed E-state index contributed by atoms with van der Waals surface area (Å²) in [6, 6.07) is 7.50. The molecule has 1 aliphatic rings. The van der Waals surface area contributed by atoms with Crippen molar-refractivity contribution < 1.29 is 23.8 Å². The van der Waals surface area contributed by atoms with Crippen LogP contribution < -0.4 is 14.8 Å². The van der Waals surface area contributed by atoms with Crippen molar-refractivity contribution in [3.63, 3.8) is 0 Å². The minimum Gasteiger partial charge on any atom is -0.493 e. The molecular weight excluding hydrogens is 372 g/mol. The molecule has 7 heteroatoms. The summed E-state index contributed by atoms with van der Waals surface area (Å²) >= 11 is 0. The molecule has 0 spiro atoms. The fraction of sp³-hybridized carbons (Fsp3) is 0.500. The lowest BCUT2D eigenvalue weighted by atomic mass is 9.83. The van der Waals surface area contributed by atoms with Crippen LogP contribution in [0.1, 0.15) is 51.5 Å². The highest BCUT2D eigenvalue weighted by molar-refractivity contribution is 5.90. The first-order valence-electron chi connectivity index (χ1n) is 9.86. The zero-order valence-electron chi connectivity index (χ0n) is 17.2. The average Bonchev–Trinajstić information content (AvgIpc) is 2.73. The second kappa shape index (κ2) is 10.5. The summed E-state index contributed by atoms with van der Waals surface area (Å²) in [4.78, 5) is 24.5. The third kappa shape index (κ3) is 6.24. The number of nitrogens with zero attached hydrogens (tertiary/aromatic N) is 1. The van der Waals surface area contributed by atoms with Crippen molar-refractivity contribution in [3.8, 4) is 17.6 Å². The molecule has 1 amide bonds. The first-order chi connectivity index (χ1) is 13.9. The fourth-order valence-electron chi connectivity index (χ4n) is 3.25. The molecule has 0 aromatic heterocycles. The lowest BCUT2D eigenvalue weighted by Crippen LogP contribution is -2.52. The van der Waals surface area contributed by atoms with Crippen molar-refractivity contribution in [3.05, 3.63) is 29.8 Å². The first-order valence-corrected chi connectivity index (χ1v) is 9.86. The van der Waals surface area contributed by atoms with Gasteiger partial charge >= 0.3 is 5.97 Å². The third-order valence-corrected chi connectivity index (χ3v) is 4.85. The summed E-state index contributed by atoms with van der Waals surface area (Å²) in [6.07, 6.45) is 5.93. The molecule has 1 aliphatic carbocycles. The van der Waals surface area contributed by atoms with Crippen molar-refractivity contribution in [1.82, 2.24) is 5.32 Å². The summed E-state index contributed by atoms with van der Waals surface area (Å²) in [5, 5.41) is 12.2. The number of carbonyl (C=O) groups is 2. The van der Waals surface area contributed by atoms with Gasteiger partial charge in [-0.3, -0.25) is 4.79 Å². The second-order valence-corrected chi connectivity index (χ2v) is 7.00. The Hall–Kier alpha value is -3.01. The van der Waals surface area contributed by atoms with E-state index in [9.17, 15) is 14.9 Å². The molecule has 0 unspecified atom stereocenters. The van der Waals surface area contributed by atoms with Crippen LogP contribution in [0.25, 0.3) is 6.08 Å².